The lowest BCUT2D eigenvalue weighted by Gasteiger charge is -2.45. The van der Waals surface area contributed by atoms with Crippen LogP contribution in [0.15, 0.2) is 24.5 Å². The summed E-state index contributed by atoms with van der Waals surface area (Å²) in [4.78, 5) is 6.70. The summed E-state index contributed by atoms with van der Waals surface area (Å²) in [5.74, 6) is 1.01. The molecule has 0 aromatic carbocycles. The van der Waals surface area contributed by atoms with E-state index in [1.165, 1.54) is 37.9 Å². The van der Waals surface area contributed by atoms with Crippen molar-refractivity contribution in [3.63, 3.8) is 0 Å². The fraction of sp³-hybridized carbons (Fsp3) is 0.643. The second-order valence-electron chi connectivity index (χ2n) is 5.36. The van der Waals surface area contributed by atoms with Gasteiger partial charge < -0.3 is 5.32 Å². The molecule has 3 saturated heterocycles. The molecule has 4 heterocycles. The SMILES string of the molecule is c1cc(CNCC2CC3CCN2CC3)ccn1. The molecule has 0 spiro atoms. The standard InChI is InChI=1S/C14H21N3/c1-5-15-6-2-13(1)10-16-11-14-9-12-3-7-17(14)8-4-12/h1-2,5-6,12,14,16H,3-4,7-11H2. The second kappa shape index (κ2) is 5.15. The van der Waals surface area contributed by atoms with Gasteiger partial charge in [0.25, 0.3) is 0 Å². The first-order valence-electron chi connectivity index (χ1n) is 6.75. The van der Waals surface area contributed by atoms with Gasteiger partial charge in [-0.05, 0) is 56.0 Å². The Bertz CT molecular complexity index is 344. The largest absolute Gasteiger partial charge is 0.311 e. The summed E-state index contributed by atoms with van der Waals surface area (Å²) in [6, 6.07) is 4.95. The van der Waals surface area contributed by atoms with Crippen LogP contribution in [0.1, 0.15) is 24.8 Å². The van der Waals surface area contributed by atoms with Crippen molar-refractivity contribution < 1.29 is 0 Å². The van der Waals surface area contributed by atoms with E-state index in [0.29, 0.717) is 0 Å². The summed E-state index contributed by atoms with van der Waals surface area (Å²) in [5.41, 5.74) is 1.33. The zero-order chi connectivity index (χ0) is 11.5. The second-order valence-corrected chi connectivity index (χ2v) is 5.36. The van der Waals surface area contributed by atoms with Gasteiger partial charge in [0.2, 0.25) is 0 Å². The molecule has 1 aromatic heterocycles. The molecule has 3 aliphatic heterocycles. The van der Waals surface area contributed by atoms with Crippen LogP contribution in [0.25, 0.3) is 0 Å². The molecule has 2 bridgehead atoms. The maximum absolute atomic E-state index is 4.04. The summed E-state index contributed by atoms with van der Waals surface area (Å²) in [5, 5.41) is 3.59. The van der Waals surface area contributed by atoms with Crippen LogP contribution in [0.4, 0.5) is 0 Å². The first-order chi connectivity index (χ1) is 8.42. The van der Waals surface area contributed by atoms with E-state index in [0.717, 1.165) is 25.0 Å². The molecular formula is C14H21N3. The van der Waals surface area contributed by atoms with Gasteiger partial charge in [-0.1, -0.05) is 0 Å². The number of nitrogens with zero attached hydrogens (tertiary/aromatic N) is 2. The Hall–Kier alpha value is -0.930. The average Bonchev–Trinajstić information content (AvgIpc) is 2.41. The smallest absolute Gasteiger partial charge is 0.0271 e. The van der Waals surface area contributed by atoms with Gasteiger partial charge >= 0.3 is 0 Å². The van der Waals surface area contributed by atoms with Crippen molar-refractivity contribution in [3.8, 4) is 0 Å². The molecule has 92 valence electrons. The van der Waals surface area contributed by atoms with Crippen LogP contribution in [-0.2, 0) is 6.54 Å². The fourth-order valence-electron chi connectivity index (χ4n) is 3.18. The maximum atomic E-state index is 4.04. The molecule has 3 nitrogen and oxygen atoms in total. The highest BCUT2D eigenvalue weighted by Crippen LogP contribution is 2.31. The van der Waals surface area contributed by atoms with Crippen LogP contribution in [0.3, 0.4) is 0 Å². The van der Waals surface area contributed by atoms with Crippen molar-refractivity contribution in [2.45, 2.75) is 31.8 Å². The molecule has 0 amide bonds. The van der Waals surface area contributed by atoms with E-state index in [1.54, 1.807) is 0 Å². The summed E-state index contributed by atoms with van der Waals surface area (Å²) in [7, 11) is 0. The number of rotatable bonds is 4. The Kier molecular flexibility index (Phi) is 3.39. The predicted molar refractivity (Wildman–Crippen MR) is 68.6 cm³/mol. The summed E-state index contributed by atoms with van der Waals surface area (Å²) < 4.78 is 0. The first-order valence-corrected chi connectivity index (χ1v) is 6.75. The minimum Gasteiger partial charge on any atom is -0.311 e. The summed E-state index contributed by atoms with van der Waals surface area (Å²) in [6.45, 7) is 4.76. The summed E-state index contributed by atoms with van der Waals surface area (Å²) >= 11 is 0. The molecule has 1 unspecified atom stereocenters. The Balaban J connectivity index is 1.46. The van der Waals surface area contributed by atoms with Gasteiger partial charge in [0.1, 0.15) is 0 Å². The first kappa shape index (κ1) is 11.2. The number of nitrogens with one attached hydrogen (secondary N) is 1. The lowest BCUT2D eigenvalue weighted by Crippen LogP contribution is -2.52. The lowest BCUT2D eigenvalue weighted by atomic mass is 9.83. The van der Waals surface area contributed by atoms with Crippen LogP contribution >= 0.6 is 0 Å². The van der Waals surface area contributed by atoms with Gasteiger partial charge in [-0.15, -0.1) is 0 Å². The van der Waals surface area contributed by atoms with Crippen LogP contribution in [0, 0.1) is 5.92 Å². The van der Waals surface area contributed by atoms with Crippen molar-refractivity contribution in [2.24, 2.45) is 5.92 Å². The van der Waals surface area contributed by atoms with Crippen LogP contribution in [-0.4, -0.2) is 35.6 Å². The lowest BCUT2D eigenvalue weighted by molar-refractivity contribution is 0.0495. The molecule has 4 rings (SSSR count). The Morgan fingerprint density at radius 1 is 1.24 bits per heavy atom. The average molecular weight is 231 g/mol. The molecule has 3 heteroatoms. The predicted octanol–water partition coefficient (Wildman–Crippen LogP) is 1.66. The van der Waals surface area contributed by atoms with E-state index in [9.17, 15) is 0 Å². The minimum absolute atomic E-state index is 0.782. The molecule has 3 aliphatic rings. The highest BCUT2D eigenvalue weighted by atomic mass is 15.2. The highest BCUT2D eigenvalue weighted by Gasteiger charge is 2.32. The normalized spacial score (nSPS) is 31.6. The van der Waals surface area contributed by atoms with E-state index >= 15 is 0 Å². The monoisotopic (exact) mass is 231 g/mol. The van der Waals surface area contributed by atoms with E-state index in [2.05, 4.69) is 27.3 Å². The minimum atomic E-state index is 0.782. The van der Waals surface area contributed by atoms with Crippen molar-refractivity contribution in [3.05, 3.63) is 30.1 Å². The van der Waals surface area contributed by atoms with Crippen molar-refractivity contribution in [2.75, 3.05) is 19.6 Å². The molecular weight excluding hydrogens is 210 g/mol. The number of hydrogen-bond acceptors (Lipinski definition) is 3. The molecule has 1 N–H and O–H groups in total. The topological polar surface area (TPSA) is 28.2 Å². The van der Waals surface area contributed by atoms with Crippen molar-refractivity contribution >= 4 is 0 Å². The van der Waals surface area contributed by atoms with E-state index < -0.39 is 0 Å². The number of hydrogen-bond donors (Lipinski definition) is 1. The molecule has 0 aliphatic carbocycles. The molecule has 0 saturated carbocycles. The quantitative estimate of drug-likeness (QED) is 0.854. The molecule has 3 fully saturated rings. The van der Waals surface area contributed by atoms with Gasteiger partial charge in [0.15, 0.2) is 0 Å². The number of pyridine rings is 1. The summed E-state index contributed by atoms with van der Waals surface area (Å²) in [6.07, 6.45) is 8.00. The maximum Gasteiger partial charge on any atom is 0.0271 e. The molecule has 1 atom stereocenters. The van der Waals surface area contributed by atoms with Gasteiger partial charge in [-0.2, -0.15) is 0 Å². The Morgan fingerprint density at radius 2 is 2.00 bits per heavy atom. The third kappa shape index (κ3) is 2.67. The molecule has 17 heavy (non-hydrogen) atoms. The van der Waals surface area contributed by atoms with Gasteiger partial charge in [-0.3, -0.25) is 9.88 Å². The van der Waals surface area contributed by atoms with E-state index in [4.69, 9.17) is 0 Å². The van der Waals surface area contributed by atoms with Gasteiger partial charge in [0, 0.05) is 31.5 Å². The van der Waals surface area contributed by atoms with Crippen LogP contribution in [0.2, 0.25) is 0 Å². The van der Waals surface area contributed by atoms with Gasteiger partial charge in [0.05, 0.1) is 0 Å². The van der Waals surface area contributed by atoms with Crippen molar-refractivity contribution in [1.82, 2.24) is 15.2 Å². The molecule has 0 radical (unpaired) electrons. The Labute approximate surface area is 103 Å². The fourth-order valence-corrected chi connectivity index (χ4v) is 3.18. The van der Waals surface area contributed by atoms with E-state index in [-0.39, 0.29) is 0 Å². The van der Waals surface area contributed by atoms with Crippen molar-refractivity contribution in [1.29, 1.82) is 0 Å². The number of fused-ring (bicyclic) bond motifs is 3. The number of aromatic nitrogens is 1. The molecule has 1 aromatic rings. The zero-order valence-corrected chi connectivity index (χ0v) is 10.3. The Morgan fingerprint density at radius 3 is 2.65 bits per heavy atom. The third-order valence-corrected chi connectivity index (χ3v) is 4.23. The van der Waals surface area contributed by atoms with Crippen LogP contribution < -0.4 is 5.32 Å². The number of piperidine rings is 3. The van der Waals surface area contributed by atoms with Gasteiger partial charge in [-0.25, -0.2) is 0 Å². The zero-order valence-electron chi connectivity index (χ0n) is 10.3. The third-order valence-electron chi connectivity index (χ3n) is 4.23. The van der Waals surface area contributed by atoms with Crippen LogP contribution in [0.5, 0.6) is 0 Å². The van der Waals surface area contributed by atoms with E-state index in [1.807, 2.05) is 12.4 Å². The highest BCUT2D eigenvalue weighted by molar-refractivity contribution is 5.09.